The van der Waals surface area contributed by atoms with Crippen LogP contribution in [0.1, 0.15) is 29.3 Å². The van der Waals surface area contributed by atoms with Crippen LogP contribution in [-0.2, 0) is 36.0 Å². The first kappa shape index (κ1) is 18.7. The minimum absolute atomic E-state index is 0.0355. The van der Waals surface area contributed by atoms with Gasteiger partial charge >= 0.3 is 0 Å². The molecule has 2 unspecified atom stereocenters. The zero-order valence-electron chi connectivity index (χ0n) is 15.0. The van der Waals surface area contributed by atoms with Crippen LogP contribution in [0.15, 0.2) is 18.2 Å². The van der Waals surface area contributed by atoms with E-state index in [4.69, 9.17) is 28.6 Å². The molecule has 1 aromatic carbocycles. The van der Waals surface area contributed by atoms with Gasteiger partial charge in [0.1, 0.15) is 5.82 Å². The minimum atomic E-state index is -0.258. The van der Waals surface area contributed by atoms with Gasteiger partial charge in [0.2, 0.25) is 5.91 Å². The van der Waals surface area contributed by atoms with Crippen molar-refractivity contribution in [1.82, 2.24) is 14.5 Å². The third-order valence-electron chi connectivity index (χ3n) is 5.45. The molecule has 5 nitrogen and oxygen atoms in total. The maximum Gasteiger partial charge on any atom is 0.226 e. The van der Waals surface area contributed by atoms with E-state index in [9.17, 15) is 9.18 Å². The van der Waals surface area contributed by atoms with Gasteiger partial charge < -0.3 is 19.2 Å². The Kier molecular flexibility index (Phi) is 5.09. The summed E-state index contributed by atoms with van der Waals surface area (Å²) in [6.45, 7) is 1.84. The number of rotatable bonds is 4. The summed E-state index contributed by atoms with van der Waals surface area (Å²) < 4.78 is 24.2. The van der Waals surface area contributed by atoms with E-state index in [2.05, 4.69) is 5.32 Å². The Morgan fingerprint density at radius 1 is 1.48 bits per heavy atom. The Bertz CT molecular complexity index is 949. The highest BCUT2D eigenvalue weighted by atomic mass is 35.5. The summed E-state index contributed by atoms with van der Waals surface area (Å²) in [5, 5.41) is 3.54. The van der Waals surface area contributed by atoms with Crippen LogP contribution >= 0.6 is 23.8 Å². The molecule has 1 amide bonds. The standard InChI is InChI=1S/C19H21ClFN3O2S/c1-23-16(8-18(25)22-13-4-5-26-10-13)17-6-11(9-24(17)19(23)27)14-7-12(20)2-3-15(14)21/h2-3,7,11,13H,4-6,8-10H2,1H3,(H,22,25). The SMILES string of the molecule is Cn1c(CC(=O)NC2CCOC2)c2n(c1=S)CC(c1cc(Cl)ccc1F)C2. The van der Waals surface area contributed by atoms with Crippen LogP contribution in [0.5, 0.6) is 0 Å². The Labute approximate surface area is 167 Å². The molecule has 0 bridgehead atoms. The Morgan fingerprint density at radius 2 is 2.30 bits per heavy atom. The zero-order valence-corrected chi connectivity index (χ0v) is 16.6. The van der Waals surface area contributed by atoms with Crippen LogP contribution in [0, 0.1) is 10.6 Å². The highest BCUT2D eigenvalue weighted by molar-refractivity contribution is 7.71. The van der Waals surface area contributed by atoms with Gasteiger partial charge in [-0.2, -0.15) is 0 Å². The molecule has 2 aromatic rings. The summed E-state index contributed by atoms with van der Waals surface area (Å²) in [7, 11) is 1.88. The van der Waals surface area contributed by atoms with Crippen molar-refractivity contribution in [2.24, 2.45) is 7.05 Å². The number of carbonyl (C=O) groups excluding carboxylic acids is 1. The predicted molar refractivity (Wildman–Crippen MR) is 103 cm³/mol. The highest BCUT2D eigenvalue weighted by Crippen LogP contribution is 2.35. The van der Waals surface area contributed by atoms with E-state index in [1.165, 1.54) is 6.07 Å². The summed E-state index contributed by atoms with van der Waals surface area (Å²) in [5.41, 5.74) is 2.49. The molecule has 0 saturated carbocycles. The van der Waals surface area contributed by atoms with Gasteiger partial charge in [-0.15, -0.1) is 0 Å². The number of aromatic nitrogens is 2. The van der Waals surface area contributed by atoms with Crippen molar-refractivity contribution in [3.8, 4) is 0 Å². The van der Waals surface area contributed by atoms with E-state index in [1.54, 1.807) is 12.1 Å². The van der Waals surface area contributed by atoms with Gasteiger partial charge in [0, 0.05) is 42.5 Å². The zero-order chi connectivity index (χ0) is 19.1. The summed E-state index contributed by atoms with van der Waals surface area (Å²) >= 11 is 11.6. The molecule has 2 atom stereocenters. The van der Waals surface area contributed by atoms with E-state index in [0.29, 0.717) is 41.5 Å². The molecular formula is C19H21ClFN3O2S. The van der Waals surface area contributed by atoms with Gasteiger partial charge in [-0.05, 0) is 48.8 Å². The molecule has 2 aliphatic rings. The van der Waals surface area contributed by atoms with Crippen molar-refractivity contribution in [3.05, 3.63) is 50.8 Å². The average Bonchev–Trinajstić information content (AvgIpc) is 3.33. The number of hydrogen-bond acceptors (Lipinski definition) is 3. The number of imidazole rings is 1. The van der Waals surface area contributed by atoms with Crippen molar-refractivity contribution in [3.63, 3.8) is 0 Å². The van der Waals surface area contributed by atoms with E-state index in [0.717, 1.165) is 17.8 Å². The molecule has 0 aliphatic carbocycles. The van der Waals surface area contributed by atoms with E-state index in [-0.39, 0.29) is 30.1 Å². The third kappa shape index (κ3) is 3.56. The second-order valence-electron chi connectivity index (χ2n) is 7.22. The molecule has 144 valence electrons. The molecule has 1 N–H and O–H groups in total. The average molecular weight is 410 g/mol. The van der Waals surface area contributed by atoms with Crippen LogP contribution in [0.2, 0.25) is 5.02 Å². The van der Waals surface area contributed by atoms with Crippen LogP contribution < -0.4 is 5.32 Å². The van der Waals surface area contributed by atoms with Crippen molar-refractivity contribution >= 4 is 29.7 Å². The minimum Gasteiger partial charge on any atom is -0.379 e. The maximum absolute atomic E-state index is 14.3. The number of halogens is 2. The molecule has 2 aliphatic heterocycles. The second-order valence-corrected chi connectivity index (χ2v) is 8.02. The van der Waals surface area contributed by atoms with Crippen molar-refractivity contribution in [2.75, 3.05) is 13.2 Å². The summed E-state index contributed by atoms with van der Waals surface area (Å²) in [4.78, 5) is 12.5. The van der Waals surface area contributed by atoms with Crippen molar-refractivity contribution in [2.45, 2.75) is 37.8 Å². The van der Waals surface area contributed by atoms with Gasteiger partial charge in [0.25, 0.3) is 0 Å². The smallest absolute Gasteiger partial charge is 0.226 e. The Hall–Kier alpha value is -1.70. The van der Waals surface area contributed by atoms with Crippen LogP contribution in [0.3, 0.4) is 0 Å². The van der Waals surface area contributed by atoms with Gasteiger partial charge in [0.05, 0.1) is 19.1 Å². The van der Waals surface area contributed by atoms with E-state index >= 15 is 0 Å². The fraction of sp³-hybridized carbons (Fsp3) is 0.474. The van der Waals surface area contributed by atoms with Gasteiger partial charge in [-0.1, -0.05) is 11.6 Å². The second kappa shape index (κ2) is 7.37. The third-order valence-corrected chi connectivity index (χ3v) is 6.17. The van der Waals surface area contributed by atoms with Gasteiger partial charge in [0.15, 0.2) is 4.77 Å². The largest absolute Gasteiger partial charge is 0.379 e. The van der Waals surface area contributed by atoms with Gasteiger partial charge in [-0.25, -0.2) is 4.39 Å². The number of ether oxygens (including phenoxy) is 1. The molecule has 0 radical (unpaired) electrons. The lowest BCUT2D eigenvalue weighted by Gasteiger charge is -2.13. The predicted octanol–water partition coefficient (Wildman–Crippen LogP) is 3.14. The molecule has 4 rings (SSSR count). The van der Waals surface area contributed by atoms with Crippen molar-refractivity contribution < 1.29 is 13.9 Å². The lowest BCUT2D eigenvalue weighted by Crippen LogP contribution is -2.36. The molecule has 1 saturated heterocycles. The summed E-state index contributed by atoms with van der Waals surface area (Å²) in [6.07, 6.45) is 1.73. The van der Waals surface area contributed by atoms with Gasteiger partial charge in [-0.3, -0.25) is 4.79 Å². The fourth-order valence-corrected chi connectivity index (χ4v) is 4.51. The van der Waals surface area contributed by atoms with Crippen LogP contribution in [-0.4, -0.2) is 34.3 Å². The summed E-state index contributed by atoms with van der Waals surface area (Å²) in [6, 6.07) is 4.72. The van der Waals surface area contributed by atoms with E-state index < -0.39 is 0 Å². The molecule has 1 fully saturated rings. The topological polar surface area (TPSA) is 48.2 Å². The molecule has 0 spiro atoms. The number of carbonyl (C=O) groups is 1. The first-order chi connectivity index (χ1) is 12.9. The fourth-order valence-electron chi connectivity index (χ4n) is 4.03. The molecule has 8 heteroatoms. The van der Waals surface area contributed by atoms with Crippen LogP contribution in [0.25, 0.3) is 0 Å². The van der Waals surface area contributed by atoms with E-state index in [1.807, 2.05) is 16.2 Å². The van der Waals surface area contributed by atoms with Crippen molar-refractivity contribution in [1.29, 1.82) is 0 Å². The number of fused-ring (bicyclic) bond motifs is 1. The monoisotopic (exact) mass is 409 g/mol. The Balaban J connectivity index is 1.57. The maximum atomic E-state index is 14.3. The first-order valence-corrected chi connectivity index (χ1v) is 9.82. The normalized spacial score (nSPS) is 21.4. The number of hydrogen-bond donors (Lipinski definition) is 1. The Morgan fingerprint density at radius 3 is 3.04 bits per heavy atom. The summed E-state index contributed by atoms with van der Waals surface area (Å²) in [5.74, 6) is -0.334. The number of nitrogens with one attached hydrogen (secondary N) is 1. The van der Waals surface area contributed by atoms with Crippen LogP contribution in [0.4, 0.5) is 4.39 Å². The lowest BCUT2D eigenvalue weighted by atomic mass is 9.95. The first-order valence-electron chi connectivity index (χ1n) is 9.03. The number of nitrogens with zero attached hydrogens (tertiary/aromatic N) is 2. The molecule has 3 heterocycles. The number of benzene rings is 1. The number of amides is 1. The quantitative estimate of drug-likeness (QED) is 0.789. The highest BCUT2D eigenvalue weighted by Gasteiger charge is 2.31. The molecular weight excluding hydrogens is 389 g/mol. The molecule has 27 heavy (non-hydrogen) atoms. The lowest BCUT2D eigenvalue weighted by molar-refractivity contribution is -0.121. The molecule has 1 aromatic heterocycles.